The van der Waals surface area contributed by atoms with E-state index in [1.165, 1.54) is 53.7 Å². The Morgan fingerprint density at radius 3 is 2.30 bits per heavy atom. The van der Waals surface area contributed by atoms with Crippen LogP contribution in [-0.4, -0.2) is 0 Å². The molecule has 0 spiro atoms. The molecule has 0 saturated carbocycles. The van der Waals surface area contributed by atoms with E-state index in [9.17, 15) is 0 Å². The highest BCUT2D eigenvalue weighted by Crippen LogP contribution is 2.57. The first kappa shape index (κ1) is 23.3. The van der Waals surface area contributed by atoms with E-state index in [2.05, 4.69) is 144 Å². The van der Waals surface area contributed by atoms with Crippen molar-refractivity contribution >= 4 is 59.5 Å². The Bertz CT molecular complexity index is 2400. The predicted molar refractivity (Wildman–Crippen MR) is 180 cm³/mol. The number of benzene rings is 6. The quantitative estimate of drug-likeness (QED) is 0.225. The zero-order valence-electron chi connectivity index (χ0n) is 23.0. The van der Waals surface area contributed by atoms with Gasteiger partial charge in [-0.3, -0.25) is 0 Å². The summed E-state index contributed by atoms with van der Waals surface area (Å²) in [7, 11) is 0. The molecule has 10 rings (SSSR count). The third kappa shape index (κ3) is 3.24. The number of nitrogens with zero attached hydrogens (tertiary/aromatic N) is 1. The number of hydrogen-bond acceptors (Lipinski definition) is 4. The molecule has 3 nitrogen and oxygen atoms in total. The standard InChI is InChI=1S/C39H24N2OS/c1-2-10-30-28(9-1)37-36(41-33-14-5-4-13-32(33)40-39(30)41)31-22-25(20-21-34(31)42-37)23-16-18-24(19-17-23)26-11-7-12-29-27-8-3-6-15-35(27)43-38(26)29/h1-22,39-40H. The number of rotatable bonds is 2. The molecule has 202 valence electrons. The van der Waals surface area contributed by atoms with E-state index in [4.69, 9.17) is 4.42 Å². The zero-order valence-corrected chi connectivity index (χ0v) is 23.9. The first-order valence-electron chi connectivity index (χ1n) is 14.6. The van der Waals surface area contributed by atoms with Crippen LogP contribution in [-0.2, 0) is 0 Å². The van der Waals surface area contributed by atoms with Crippen molar-refractivity contribution in [3.05, 3.63) is 139 Å². The normalized spacial score (nSPS) is 14.9. The van der Waals surface area contributed by atoms with Crippen LogP contribution in [0.4, 0.5) is 17.1 Å². The van der Waals surface area contributed by atoms with Crippen molar-refractivity contribution in [2.24, 2.45) is 0 Å². The Morgan fingerprint density at radius 1 is 0.605 bits per heavy atom. The van der Waals surface area contributed by atoms with Crippen molar-refractivity contribution in [2.45, 2.75) is 6.17 Å². The van der Waals surface area contributed by atoms with Gasteiger partial charge in [0.2, 0.25) is 0 Å². The molecule has 0 fully saturated rings. The maximum atomic E-state index is 6.61. The molecule has 1 N–H and O–H groups in total. The molecule has 1 atom stereocenters. The Morgan fingerprint density at radius 2 is 1.35 bits per heavy atom. The Labute approximate surface area is 252 Å². The second kappa shape index (κ2) is 8.60. The molecule has 4 heterocycles. The number of furan rings is 1. The van der Waals surface area contributed by atoms with Crippen LogP contribution in [0.3, 0.4) is 0 Å². The lowest BCUT2D eigenvalue weighted by molar-refractivity contribution is 0.622. The van der Waals surface area contributed by atoms with E-state index >= 15 is 0 Å². The molecule has 0 bridgehead atoms. The minimum atomic E-state index is 0.0291. The summed E-state index contributed by atoms with van der Waals surface area (Å²) in [6.07, 6.45) is 0.0291. The number of fused-ring (bicyclic) bond motifs is 13. The van der Waals surface area contributed by atoms with Gasteiger partial charge in [-0.15, -0.1) is 11.3 Å². The van der Waals surface area contributed by atoms with Crippen molar-refractivity contribution < 1.29 is 4.42 Å². The molecule has 0 radical (unpaired) electrons. The summed E-state index contributed by atoms with van der Waals surface area (Å²) >= 11 is 1.88. The molecule has 0 amide bonds. The minimum absolute atomic E-state index is 0.0291. The van der Waals surface area contributed by atoms with E-state index in [0.717, 1.165) is 33.7 Å². The SMILES string of the molecule is c1ccc2c(c1)NC1c3ccccc3-c3oc4ccc(-c5ccc(-c6cccc7c6sc6ccccc67)cc5)cc4c3N21. The number of thiophene rings is 1. The monoisotopic (exact) mass is 568 g/mol. The highest BCUT2D eigenvalue weighted by Gasteiger charge is 2.40. The third-order valence-electron chi connectivity index (χ3n) is 9.05. The molecule has 4 heteroatoms. The third-order valence-corrected chi connectivity index (χ3v) is 10.3. The van der Waals surface area contributed by atoms with Gasteiger partial charge in [-0.2, -0.15) is 0 Å². The summed E-state index contributed by atoms with van der Waals surface area (Å²) < 4.78 is 9.28. The van der Waals surface area contributed by atoms with E-state index in [0.29, 0.717) is 0 Å². The highest BCUT2D eigenvalue weighted by molar-refractivity contribution is 7.26. The maximum absolute atomic E-state index is 6.61. The molecule has 2 aromatic heterocycles. The van der Waals surface area contributed by atoms with Gasteiger partial charge in [0.15, 0.2) is 5.76 Å². The molecular formula is C39H24N2OS. The van der Waals surface area contributed by atoms with Gasteiger partial charge >= 0.3 is 0 Å². The van der Waals surface area contributed by atoms with Crippen LogP contribution in [0.25, 0.3) is 64.7 Å². The lowest BCUT2D eigenvalue weighted by atomic mass is 9.95. The largest absolute Gasteiger partial charge is 0.454 e. The van der Waals surface area contributed by atoms with Crippen LogP contribution in [0, 0.1) is 0 Å². The fourth-order valence-electron chi connectivity index (χ4n) is 7.07. The summed E-state index contributed by atoms with van der Waals surface area (Å²) in [6, 6.07) is 48.1. The average molecular weight is 569 g/mol. The number of hydrogen-bond donors (Lipinski definition) is 1. The van der Waals surface area contributed by atoms with Crippen molar-refractivity contribution in [1.82, 2.24) is 0 Å². The molecule has 0 saturated heterocycles. The molecule has 6 aromatic carbocycles. The maximum Gasteiger partial charge on any atom is 0.159 e. The predicted octanol–water partition coefficient (Wildman–Crippen LogP) is 11.4. The van der Waals surface area contributed by atoms with Gasteiger partial charge in [0.1, 0.15) is 11.7 Å². The van der Waals surface area contributed by atoms with Crippen molar-refractivity contribution in [3.63, 3.8) is 0 Å². The number of anilines is 3. The van der Waals surface area contributed by atoms with Gasteiger partial charge in [-0.1, -0.05) is 103 Å². The fraction of sp³-hybridized carbons (Fsp3) is 0.0256. The molecule has 2 aliphatic rings. The summed E-state index contributed by atoms with van der Waals surface area (Å²) in [4.78, 5) is 2.41. The van der Waals surface area contributed by atoms with E-state index in [-0.39, 0.29) is 6.17 Å². The Balaban J connectivity index is 1.11. The molecule has 2 aliphatic heterocycles. The lowest BCUT2D eigenvalue weighted by Crippen LogP contribution is -2.27. The van der Waals surface area contributed by atoms with Crippen LogP contribution < -0.4 is 10.2 Å². The Kier molecular flexibility index (Phi) is 4.65. The van der Waals surface area contributed by atoms with Crippen LogP contribution in [0.2, 0.25) is 0 Å². The van der Waals surface area contributed by atoms with E-state index < -0.39 is 0 Å². The fourth-order valence-corrected chi connectivity index (χ4v) is 8.31. The first-order valence-corrected chi connectivity index (χ1v) is 15.5. The van der Waals surface area contributed by atoms with Crippen LogP contribution in [0.1, 0.15) is 11.7 Å². The Hall–Kier alpha value is -5.32. The minimum Gasteiger partial charge on any atom is -0.454 e. The summed E-state index contributed by atoms with van der Waals surface area (Å²) in [5.41, 5.74) is 11.6. The van der Waals surface area contributed by atoms with Crippen LogP contribution in [0.15, 0.2) is 138 Å². The lowest BCUT2D eigenvalue weighted by Gasteiger charge is -2.32. The van der Waals surface area contributed by atoms with Crippen molar-refractivity contribution in [1.29, 1.82) is 0 Å². The average Bonchev–Trinajstić information content (AvgIpc) is 3.76. The van der Waals surface area contributed by atoms with Gasteiger partial charge in [0.05, 0.1) is 17.1 Å². The van der Waals surface area contributed by atoms with Gasteiger partial charge in [0.25, 0.3) is 0 Å². The van der Waals surface area contributed by atoms with Gasteiger partial charge in [-0.25, -0.2) is 0 Å². The molecule has 0 aliphatic carbocycles. The number of para-hydroxylation sites is 2. The molecule has 43 heavy (non-hydrogen) atoms. The van der Waals surface area contributed by atoms with Crippen molar-refractivity contribution in [2.75, 3.05) is 10.2 Å². The second-order valence-corrected chi connectivity index (χ2v) is 12.4. The summed E-state index contributed by atoms with van der Waals surface area (Å²) in [5.74, 6) is 0.935. The van der Waals surface area contributed by atoms with E-state index in [1.54, 1.807) is 0 Å². The van der Waals surface area contributed by atoms with Crippen LogP contribution >= 0.6 is 11.3 Å². The van der Waals surface area contributed by atoms with E-state index in [1.807, 2.05) is 11.3 Å². The molecule has 1 unspecified atom stereocenters. The van der Waals surface area contributed by atoms with Crippen LogP contribution in [0.5, 0.6) is 0 Å². The smallest absolute Gasteiger partial charge is 0.159 e. The van der Waals surface area contributed by atoms with Gasteiger partial charge in [0, 0.05) is 36.7 Å². The highest BCUT2D eigenvalue weighted by atomic mass is 32.1. The van der Waals surface area contributed by atoms with Crippen molar-refractivity contribution in [3.8, 4) is 33.6 Å². The number of nitrogens with one attached hydrogen (secondary N) is 1. The summed E-state index contributed by atoms with van der Waals surface area (Å²) in [6.45, 7) is 0. The topological polar surface area (TPSA) is 28.4 Å². The molecule has 8 aromatic rings. The molecular weight excluding hydrogens is 545 g/mol. The second-order valence-electron chi connectivity index (χ2n) is 11.4. The van der Waals surface area contributed by atoms with Gasteiger partial charge in [-0.05, 0) is 52.6 Å². The summed E-state index contributed by atoms with van der Waals surface area (Å²) in [5, 5.41) is 7.55. The zero-order chi connectivity index (χ0) is 28.1. The first-order chi connectivity index (χ1) is 21.3. The van der Waals surface area contributed by atoms with Gasteiger partial charge < -0.3 is 14.6 Å².